The Hall–Kier alpha value is -0.840. The Bertz CT molecular complexity index is 449. The largest absolute Gasteiger partial charge is 0.390 e. The molecule has 0 atom stereocenters. The van der Waals surface area contributed by atoms with E-state index in [-0.39, 0.29) is 6.61 Å². The molecule has 14 heavy (non-hydrogen) atoms. The second-order valence-corrected chi connectivity index (χ2v) is 4.62. The van der Waals surface area contributed by atoms with E-state index in [1.807, 2.05) is 25.2 Å². The van der Waals surface area contributed by atoms with E-state index in [2.05, 4.69) is 5.10 Å². The van der Waals surface area contributed by atoms with Gasteiger partial charge < -0.3 is 5.11 Å². The SMILES string of the molecule is Cn1nc(CO)cc1-c1ccc(Cl)s1. The normalized spacial score (nSPS) is 10.8. The molecule has 5 heteroatoms. The van der Waals surface area contributed by atoms with E-state index in [1.54, 1.807) is 4.68 Å². The zero-order chi connectivity index (χ0) is 10.1. The average molecular weight is 229 g/mol. The minimum atomic E-state index is -0.0348. The maximum absolute atomic E-state index is 8.93. The fraction of sp³-hybridized carbons (Fsp3) is 0.222. The molecule has 0 aliphatic rings. The van der Waals surface area contributed by atoms with Gasteiger partial charge in [-0.2, -0.15) is 5.10 Å². The van der Waals surface area contributed by atoms with Gasteiger partial charge in [-0.25, -0.2) is 0 Å². The third-order valence-electron chi connectivity index (χ3n) is 1.92. The lowest BCUT2D eigenvalue weighted by Crippen LogP contribution is -1.93. The number of aliphatic hydroxyl groups excluding tert-OH is 1. The van der Waals surface area contributed by atoms with E-state index in [0.29, 0.717) is 5.69 Å². The summed E-state index contributed by atoms with van der Waals surface area (Å²) < 4.78 is 2.50. The molecule has 2 aromatic heterocycles. The number of hydrogen-bond donors (Lipinski definition) is 1. The molecule has 0 spiro atoms. The number of aromatic nitrogens is 2. The first kappa shape index (κ1) is 9.71. The van der Waals surface area contributed by atoms with Crippen LogP contribution >= 0.6 is 22.9 Å². The second kappa shape index (κ2) is 3.73. The van der Waals surface area contributed by atoms with Crippen LogP contribution in [0.1, 0.15) is 5.69 Å². The molecule has 0 aliphatic heterocycles. The number of rotatable bonds is 2. The Labute approximate surface area is 90.6 Å². The molecule has 0 saturated carbocycles. The second-order valence-electron chi connectivity index (χ2n) is 2.91. The molecule has 1 N–H and O–H groups in total. The fourth-order valence-electron chi connectivity index (χ4n) is 1.29. The fourth-order valence-corrected chi connectivity index (χ4v) is 2.38. The Morgan fingerprint density at radius 3 is 2.86 bits per heavy atom. The lowest BCUT2D eigenvalue weighted by molar-refractivity contribution is 0.275. The first-order valence-corrected chi connectivity index (χ1v) is 5.29. The van der Waals surface area contributed by atoms with Crippen LogP contribution in [0, 0.1) is 0 Å². The van der Waals surface area contributed by atoms with E-state index in [4.69, 9.17) is 16.7 Å². The van der Waals surface area contributed by atoms with Gasteiger partial charge in [-0.05, 0) is 18.2 Å². The smallest absolute Gasteiger partial charge is 0.0935 e. The van der Waals surface area contributed by atoms with Crippen molar-refractivity contribution in [2.45, 2.75) is 6.61 Å². The molecule has 0 aliphatic carbocycles. The van der Waals surface area contributed by atoms with Crippen molar-refractivity contribution in [3.05, 3.63) is 28.2 Å². The molecule has 3 nitrogen and oxygen atoms in total. The maximum Gasteiger partial charge on any atom is 0.0935 e. The number of thiophene rings is 1. The van der Waals surface area contributed by atoms with E-state index >= 15 is 0 Å². The molecule has 2 aromatic rings. The van der Waals surface area contributed by atoms with Crippen LogP contribution in [-0.2, 0) is 13.7 Å². The monoisotopic (exact) mass is 228 g/mol. The van der Waals surface area contributed by atoms with Gasteiger partial charge in [0.2, 0.25) is 0 Å². The van der Waals surface area contributed by atoms with Crippen molar-refractivity contribution in [3.8, 4) is 10.6 Å². The molecule has 0 fully saturated rings. The summed E-state index contributed by atoms with van der Waals surface area (Å²) >= 11 is 7.34. The van der Waals surface area contributed by atoms with Gasteiger partial charge in [-0.1, -0.05) is 11.6 Å². The van der Waals surface area contributed by atoms with E-state index < -0.39 is 0 Å². The first-order chi connectivity index (χ1) is 6.70. The topological polar surface area (TPSA) is 38.0 Å². The zero-order valence-electron chi connectivity index (χ0n) is 7.57. The summed E-state index contributed by atoms with van der Waals surface area (Å²) in [5, 5.41) is 13.1. The van der Waals surface area contributed by atoms with Gasteiger partial charge in [-0.3, -0.25) is 4.68 Å². The molecule has 0 unspecified atom stereocenters. The maximum atomic E-state index is 8.93. The van der Waals surface area contributed by atoms with Crippen molar-refractivity contribution in [2.75, 3.05) is 0 Å². The van der Waals surface area contributed by atoms with Crippen LogP contribution in [0.25, 0.3) is 10.6 Å². The molecule has 2 heterocycles. The van der Waals surface area contributed by atoms with Crippen molar-refractivity contribution < 1.29 is 5.11 Å². The minimum absolute atomic E-state index is 0.0348. The van der Waals surface area contributed by atoms with Crippen molar-refractivity contribution in [1.29, 1.82) is 0 Å². The van der Waals surface area contributed by atoms with Crippen LogP contribution in [0.15, 0.2) is 18.2 Å². The number of halogens is 1. The molecule has 0 bridgehead atoms. The summed E-state index contributed by atoms with van der Waals surface area (Å²) in [4.78, 5) is 1.06. The van der Waals surface area contributed by atoms with Crippen LogP contribution in [-0.4, -0.2) is 14.9 Å². The molecule has 0 saturated heterocycles. The van der Waals surface area contributed by atoms with Crippen LogP contribution < -0.4 is 0 Å². The summed E-state index contributed by atoms with van der Waals surface area (Å²) in [6, 6.07) is 5.67. The lowest BCUT2D eigenvalue weighted by atomic mass is 10.3. The average Bonchev–Trinajstić information content (AvgIpc) is 2.71. The molecule has 2 rings (SSSR count). The molecule has 0 aromatic carbocycles. The number of aryl methyl sites for hydroxylation is 1. The van der Waals surface area contributed by atoms with Crippen LogP contribution in [0.2, 0.25) is 4.34 Å². The Kier molecular flexibility index (Phi) is 2.58. The summed E-state index contributed by atoms with van der Waals surface area (Å²) in [6.07, 6.45) is 0. The zero-order valence-corrected chi connectivity index (χ0v) is 9.14. The van der Waals surface area contributed by atoms with Crippen LogP contribution in [0.5, 0.6) is 0 Å². The predicted octanol–water partition coefficient (Wildman–Crippen LogP) is 2.29. The van der Waals surface area contributed by atoms with Crippen LogP contribution in [0.4, 0.5) is 0 Å². The highest BCUT2D eigenvalue weighted by Gasteiger charge is 2.08. The van der Waals surface area contributed by atoms with Gasteiger partial charge in [0.1, 0.15) is 0 Å². The highest BCUT2D eigenvalue weighted by Crippen LogP contribution is 2.30. The number of nitrogens with zero attached hydrogens (tertiary/aromatic N) is 2. The third kappa shape index (κ3) is 1.68. The van der Waals surface area contributed by atoms with E-state index in [1.165, 1.54) is 11.3 Å². The van der Waals surface area contributed by atoms with E-state index in [0.717, 1.165) is 14.9 Å². The van der Waals surface area contributed by atoms with Gasteiger partial charge in [0, 0.05) is 7.05 Å². The van der Waals surface area contributed by atoms with Gasteiger partial charge in [0.05, 0.1) is 27.2 Å². The van der Waals surface area contributed by atoms with Gasteiger partial charge in [0.15, 0.2) is 0 Å². The van der Waals surface area contributed by atoms with Crippen molar-refractivity contribution in [3.63, 3.8) is 0 Å². The highest BCUT2D eigenvalue weighted by molar-refractivity contribution is 7.19. The van der Waals surface area contributed by atoms with Gasteiger partial charge >= 0.3 is 0 Å². The molecule has 0 amide bonds. The summed E-state index contributed by atoms with van der Waals surface area (Å²) in [6.45, 7) is -0.0348. The molecule has 0 radical (unpaired) electrons. The Balaban J connectivity index is 2.45. The lowest BCUT2D eigenvalue weighted by Gasteiger charge is -1.95. The summed E-state index contributed by atoms with van der Waals surface area (Å²) in [7, 11) is 1.85. The first-order valence-electron chi connectivity index (χ1n) is 4.10. The highest BCUT2D eigenvalue weighted by atomic mass is 35.5. The van der Waals surface area contributed by atoms with E-state index in [9.17, 15) is 0 Å². The Morgan fingerprint density at radius 2 is 2.36 bits per heavy atom. The summed E-state index contributed by atoms with van der Waals surface area (Å²) in [5.41, 5.74) is 1.65. The van der Waals surface area contributed by atoms with Crippen molar-refractivity contribution in [2.24, 2.45) is 7.05 Å². The summed E-state index contributed by atoms with van der Waals surface area (Å²) in [5.74, 6) is 0. The van der Waals surface area contributed by atoms with Crippen molar-refractivity contribution >= 4 is 22.9 Å². The molecular formula is C9H9ClN2OS. The minimum Gasteiger partial charge on any atom is -0.390 e. The van der Waals surface area contributed by atoms with Gasteiger partial charge in [-0.15, -0.1) is 11.3 Å². The molecular weight excluding hydrogens is 220 g/mol. The molecule has 74 valence electrons. The third-order valence-corrected chi connectivity index (χ3v) is 3.17. The number of hydrogen-bond acceptors (Lipinski definition) is 3. The predicted molar refractivity (Wildman–Crippen MR) is 57.5 cm³/mol. The van der Waals surface area contributed by atoms with Gasteiger partial charge in [0.25, 0.3) is 0 Å². The Morgan fingerprint density at radius 1 is 1.57 bits per heavy atom. The standard InChI is InChI=1S/C9H9ClN2OS/c1-12-7(4-6(5-13)11-12)8-2-3-9(10)14-8/h2-4,13H,5H2,1H3. The van der Waals surface area contributed by atoms with Crippen molar-refractivity contribution in [1.82, 2.24) is 9.78 Å². The van der Waals surface area contributed by atoms with Crippen LogP contribution in [0.3, 0.4) is 0 Å². The number of aliphatic hydroxyl groups is 1. The quantitative estimate of drug-likeness (QED) is 0.857.